The highest BCUT2D eigenvalue weighted by Gasteiger charge is 2.09. The first kappa shape index (κ1) is 28.3. The lowest BCUT2D eigenvalue weighted by Crippen LogP contribution is -2.15. The number of carboxylic acids is 1. The summed E-state index contributed by atoms with van der Waals surface area (Å²) in [7, 11) is 1.67. The van der Waals surface area contributed by atoms with Crippen LogP contribution in [0.1, 0.15) is 50.2 Å². The summed E-state index contributed by atoms with van der Waals surface area (Å²) >= 11 is 3.60. The highest BCUT2D eigenvalue weighted by atomic mass is 32.2. The van der Waals surface area contributed by atoms with Gasteiger partial charge in [-0.15, -0.1) is 23.5 Å². The number of carbonyl (C=O) groups excluding carboxylic acids is 1. The van der Waals surface area contributed by atoms with Crippen LogP contribution in [0.15, 0.2) is 58.3 Å². The Hall–Kier alpha value is -1.76. The predicted octanol–water partition coefficient (Wildman–Crippen LogP) is 6.81. The molecule has 2 aromatic rings. The highest BCUT2D eigenvalue weighted by molar-refractivity contribution is 7.99. The first-order valence-corrected chi connectivity index (χ1v) is 12.9. The Kier molecular flexibility index (Phi) is 14.9. The van der Waals surface area contributed by atoms with Gasteiger partial charge in [-0.05, 0) is 70.1 Å². The van der Waals surface area contributed by atoms with E-state index in [4.69, 9.17) is 9.84 Å². The van der Waals surface area contributed by atoms with Crippen LogP contribution in [0.4, 0.5) is 0 Å². The van der Waals surface area contributed by atoms with E-state index in [1.807, 2.05) is 11.8 Å². The summed E-state index contributed by atoms with van der Waals surface area (Å²) in [5.41, 5.74) is 2.55. The molecule has 6 heteroatoms. The second-order valence-corrected chi connectivity index (χ2v) is 10.1. The standard InChI is InChI=1S/C14H20O2S.C12H16O2S/c1-11-4-6-14(7-5-11)17-9-8-13(16-3)10-12(2)15;1-10-5-7-11(8-6-10)15-9-3-2-4-12(13)14/h4-7,13H,8-10H2,1-3H3;5-8H,2-4,9H2,1H3,(H,13,14). The molecular weight excluding hydrogens is 440 g/mol. The molecule has 2 rings (SSSR count). The smallest absolute Gasteiger partial charge is 0.303 e. The van der Waals surface area contributed by atoms with E-state index in [1.165, 1.54) is 20.9 Å². The normalized spacial score (nSPS) is 11.4. The van der Waals surface area contributed by atoms with E-state index in [9.17, 15) is 9.59 Å². The number of unbranched alkanes of at least 4 members (excludes halogenated alkanes) is 1. The van der Waals surface area contributed by atoms with Gasteiger partial charge in [-0.3, -0.25) is 9.59 Å². The van der Waals surface area contributed by atoms with Gasteiger partial charge in [0, 0.05) is 35.5 Å². The van der Waals surface area contributed by atoms with Crippen molar-refractivity contribution in [1.29, 1.82) is 0 Å². The lowest BCUT2D eigenvalue weighted by Gasteiger charge is -2.13. The Balaban J connectivity index is 0.000000323. The summed E-state index contributed by atoms with van der Waals surface area (Å²) < 4.78 is 5.28. The molecule has 0 radical (unpaired) electrons. The van der Waals surface area contributed by atoms with Crippen LogP contribution in [-0.4, -0.2) is 41.6 Å². The zero-order valence-corrected chi connectivity index (χ0v) is 21.3. The van der Waals surface area contributed by atoms with Crippen LogP contribution in [0.5, 0.6) is 0 Å². The average Bonchev–Trinajstić information content (AvgIpc) is 2.75. The summed E-state index contributed by atoms with van der Waals surface area (Å²) in [6.45, 7) is 5.77. The first-order valence-electron chi connectivity index (χ1n) is 10.9. The van der Waals surface area contributed by atoms with Crippen LogP contribution in [0.25, 0.3) is 0 Å². The molecule has 0 fully saturated rings. The number of methoxy groups -OCH3 is 1. The van der Waals surface area contributed by atoms with Gasteiger partial charge >= 0.3 is 5.97 Å². The van der Waals surface area contributed by atoms with Crippen molar-refractivity contribution in [1.82, 2.24) is 0 Å². The maximum absolute atomic E-state index is 11.0. The summed E-state index contributed by atoms with van der Waals surface area (Å²) in [6.07, 6.45) is 3.51. The van der Waals surface area contributed by atoms with E-state index in [2.05, 4.69) is 62.4 Å². The molecule has 4 nitrogen and oxygen atoms in total. The van der Waals surface area contributed by atoms with Crippen molar-refractivity contribution in [2.75, 3.05) is 18.6 Å². The molecule has 0 heterocycles. The number of rotatable bonds is 13. The topological polar surface area (TPSA) is 63.6 Å². The number of hydrogen-bond acceptors (Lipinski definition) is 5. The summed E-state index contributed by atoms with van der Waals surface area (Å²) in [5, 5.41) is 8.45. The van der Waals surface area contributed by atoms with E-state index < -0.39 is 5.97 Å². The number of hydrogen-bond donors (Lipinski definition) is 1. The minimum atomic E-state index is -0.699. The van der Waals surface area contributed by atoms with Gasteiger partial charge in [-0.2, -0.15) is 0 Å². The Morgan fingerprint density at radius 3 is 1.81 bits per heavy atom. The Labute approximate surface area is 201 Å². The molecule has 2 aromatic carbocycles. The first-order chi connectivity index (χ1) is 15.3. The number of thioether (sulfide) groups is 2. The number of aliphatic carboxylic acids is 1. The van der Waals surface area contributed by atoms with Gasteiger partial charge in [0.1, 0.15) is 5.78 Å². The minimum Gasteiger partial charge on any atom is -0.481 e. The van der Waals surface area contributed by atoms with Crippen LogP contribution in [0.3, 0.4) is 0 Å². The molecule has 1 N–H and O–H groups in total. The van der Waals surface area contributed by atoms with Crippen LogP contribution < -0.4 is 0 Å². The number of aryl methyl sites for hydroxylation is 2. The molecule has 0 spiro atoms. The van der Waals surface area contributed by atoms with Crippen molar-refractivity contribution in [3.63, 3.8) is 0 Å². The molecule has 0 aliphatic rings. The summed E-state index contributed by atoms with van der Waals surface area (Å²) in [6, 6.07) is 16.9. The van der Waals surface area contributed by atoms with E-state index in [0.29, 0.717) is 6.42 Å². The van der Waals surface area contributed by atoms with Crippen molar-refractivity contribution in [2.24, 2.45) is 0 Å². The molecule has 0 aliphatic heterocycles. The van der Waals surface area contributed by atoms with Gasteiger partial charge in [0.25, 0.3) is 0 Å². The molecule has 1 unspecified atom stereocenters. The van der Waals surface area contributed by atoms with Crippen molar-refractivity contribution in [2.45, 2.75) is 68.8 Å². The third kappa shape index (κ3) is 14.3. The maximum atomic E-state index is 11.0. The Bertz CT molecular complexity index is 788. The van der Waals surface area contributed by atoms with Crippen molar-refractivity contribution >= 4 is 35.3 Å². The fourth-order valence-electron chi connectivity index (χ4n) is 2.77. The lowest BCUT2D eigenvalue weighted by molar-refractivity contribution is -0.137. The van der Waals surface area contributed by atoms with Gasteiger partial charge in [-0.25, -0.2) is 0 Å². The number of carbonyl (C=O) groups is 2. The Morgan fingerprint density at radius 2 is 1.38 bits per heavy atom. The largest absolute Gasteiger partial charge is 0.481 e. The fraction of sp³-hybridized carbons (Fsp3) is 0.462. The monoisotopic (exact) mass is 476 g/mol. The lowest BCUT2D eigenvalue weighted by atomic mass is 10.1. The minimum absolute atomic E-state index is 0.0606. The number of ether oxygens (including phenoxy) is 1. The van der Waals surface area contributed by atoms with Crippen LogP contribution in [0, 0.1) is 13.8 Å². The molecule has 0 aromatic heterocycles. The average molecular weight is 477 g/mol. The highest BCUT2D eigenvalue weighted by Crippen LogP contribution is 2.21. The number of ketones is 1. The number of carboxylic acid groups (broad SMARTS) is 1. The zero-order valence-electron chi connectivity index (χ0n) is 19.6. The van der Waals surface area contributed by atoms with Gasteiger partial charge in [0.2, 0.25) is 0 Å². The quantitative estimate of drug-likeness (QED) is 0.253. The van der Waals surface area contributed by atoms with E-state index in [1.54, 1.807) is 25.8 Å². The molecule has 32 heavy (non-hydrogen) atoms. The van der Waals surface area contributed by atoms with Gasteiger partial charge in [0.05, 0.1) is 6.10 Å². The summed E-state index contributed by atoms with van der Waals surface area (Å²) in [4.78, 5) is 23.8. The van der Waals surface area contributed by atoms with Crippen LogP contribution in [-0.2, 0) is 14.3 Å². The molecule has 0 saturated carbocycles. The number of benzene rings is 2. The van der Waals surface area contributed by atoms with Crippen molar-refractivity contribution in [3.05, 3.63) is 59.7 Å². The van der Waals surface area contributed by atoms with E-state index in [-0.39, 0.29) is 18.3 Å². The third-order valence-corrected chi connectivity index (χ3v) is 6.80. The van der Waals surface area contributed by atoms with Crippen LogP contribution in [0.2, 0.25) is 0 Å². The van der Waals surface area contributed by atoms with Crippen molar-refractivity contribution in [3.8, 4) is 0 Å². The molecule has 0 bridgehead atoms. The van der Waals surface area contributed by atoms with E-state index >= 15 is 0 Å². The maximum Gasteiger partial charge on any atom is 0.303 e. The second kappa shape index (κ2) is 16.8. The van der Waals surface area contributed by atoms with Gasteiger partial charge in [0.15, 0.2) is 0 Å². The van der Waals surface area contributed by atoms with E-state index in [0.717, 1.165) is 30.8 Å². The predicted molar refractivity (Wildman–Crippen MR) is 136 cm³/mol. The number of Topliss-reactive ketones (excluding diaryl/α,β-unsaturated/α-hetero) is 1. The third-order valence-electron chi connectivity index (χ3n) is 4.65. The molecule has 0 amide bonds. The Morgan fingerprint density at radius 1 is 0.875 bits per heavy atom. The molecular formula is C26H36O4S2. The molecule has 176 valence electrons. The zero-order chi connectivity index (χ0) is 23.8. The van der Waals surface area contributed by atoms with Crippen molar-refractivity contribution < 1.29 is 19.4 Å². The van der Waals surface area contributed by atoms with Crippen LogP contribution >= 0.6 is 23.5 Å². The molecule has 0 aliphatic carbocycles. The molecule has 0 saturated heterocycles. The SMILES string of the molecule is COC(CCSc1ccc(C)cc1)CC(C)=O.Cc1ccc(SCCCCC(=O)O)cc1. The second-order valence-electron chi connectivity index (χ2n) is 7.73. The molecule has 1 atom stereocenters. The van der Waals surface area contributed by atoms with Gasteiger partial charge < -0.3 is 9.84 Å². The van der Waals surface area contributed by atoms with Gasteiger partial charge in [-0.1, -0.05) is 35.4 Å². The fourth-order valence-corrected chi connectivity index (χ4v) is 4.63. The summed E-state index contributed by atoms with van der Waals surface area (Å²) in [5.74, 6) is 1.47.